The van der Waals surface area contributed by atoms with E-state index in [0.29, 0.717) is 25.8 Å². The van der Waals surface area contributed by atoms with E-state index >= 15 is 0 Å². The molecular formula is C26H38N2O3Si. The number of rotatable bonds is 7. The Hall–Kier alpha value is -2.15. The van der Waals surface area contributed by atoms with Crippen LogP contribution in [-0.4, -0.2) is 49.5 Å². The highest BCUT2D eigenvalue weighted by Crippen LogP contribution is 2.37. The van der Waals surface area contributed by atoms with Gasteiger partial charge in [0.05, 0.1) is 12.1 Å². The van der Waals surface area contributed by atoms with Crippen molar-refractivity contribution >= 4 is 19.9 Å². The number of amides is 1. The van der Waals surface area contributed by atoms with Gasteiger partial charge in [-0.05, 0) is 60.8 Å². The quantitative estimate of drug-likeness (QED) is 0.573. The predicted octanol–water partition coefficient (Wildman–Crippen LogP) is 5.08. The van der Waals surface area contributed by atoms with Gasteiger partial charge in [0, 0.05) is 25.2 Å². The molecule has 2 N–H and O–H groups in total. The van der Waals surface area contributed by atoms with Crippen molar-refractivity contribution in [1.82, 2.24) is 4.90 Å². The van der Waals surface area contributed by atoms with Crippen LogP contribution in [0.2, 0.25) is 18.1 Å². The Kier molecular flexibility index (Phi) is 7.48. The maximum absolute atomic E-state index is 12.5. The molecule has 3 rings (SSSR count). The molecule has 1 aliphatic heterocycles. The van der Waals surface area contributed by atoms with Gasteiger partial charge in [0.2, 0.25) is 14.2 Å². The van der Waals surface area contributed by atoms with E-state index in [1.54, 1.807) is 0 Å². The molecule has 0 radical (unpaired) electrons. The summed E-state index contributed by atoms with van der Waals surface area (Å²) < 4.78 is 6.30. The van der Waals surface area contributed by atoms with E-state index in [9.17, 15) is 9.90 Å². The van der Waals surface area contributed by atoms with Crippen molar-refractivity contribution in [3.05, 3.63) is 60.2 Å². The summed E-state index contributed by atoms with van der Waals surface area (Å²) in [6, 6.07) is 17.8. The fourth-order valence-electron chi connectivity index (χ4n) is 3.74. The van der Waals surface area contributed by atoms with Gasteiger partial charge in [-0.25, -0.2) is 0 Å². The summed E-state index contributed by atoms with van der Waals surface area (Å²) in [5, 5.41) is 14.1. The second kappa shape index (κ2) is 9.77. The molecule has 0 saturated carbocycles. The molecule has 0 atom stereocenters. The number of nitrogens with one attached hydrogen (secondary N) is 1. The molecule has 0 spiro atoms. The number of likely N-dealkylation sites (tertiary alicyclic amines) is 1. The Morgan fingerprint density at radius 1 is 1.06 bits per heavy atom. The first-order chi connectivity index (χ1) is 15.0. The van der Waals surface area contributed by atoms with Crippen molar-refractivity contribution in [1.29, 1.82) is 0 Å². The van der Waals surface area contributed by atoms with E-state index in [0.717, 1.165) is 30.1 Å². The fourth-order valence-corrected chi connectivity index (χ4v) is 4.77. The highest BCUT2D eigenvalue weighted by molar-refractivity contribution is 6.74. The van der Waals surface area contributed by atoms with Gasteiger partial charge in [0.25, 0.3) is 0 Å². The third-order valence-electron chi connectivity index (χ3n) is 6.85. The molecule has 1 amide bonds. The lowest BCUT2D eigenvalue weighted by Crippen LogP contribution is -2.47. The van der Waals surface area contributed by atoms with Crippen molar-refractivity contribution in [3.63, 3.8) is 0 Å². The van der Waals surface area contributed by atoms with Crippen molar-refractivity contribution in [2.75, 3.05) is 25.0 Å². The Labute approximate surface area is 193 Å². The highest BCUT2D eigenvalue weighted by atomic mass is 28.4. The average molecular weight is 455 g/mol. The van der Waals surface area contributed by atoms with Crippen LogP contribution in [0, 0.1) is 0 Å². The molecule has 1 aliphatic rings. The Morgan fingerprint density at radius 3 is 2.22 bits per heavy atom. The lowest BCUT2D eigenvalue weighted by Gasteiger charge is -2.38. The van der Waals surface area contributed by atoms with Gasteiger partial charge >= 0.3 is 0 Å². The van der Waals surface area contributed by atoms with E-state index in [1.807, 2.05) is 42.5 Å². The number of hydrogen-bond donors (Lipinski definition) is 2. The van der Waals surface area contributed by atoms with Crippen LogP contribution in [-0.2, 0) is 11.2 Å². The van der Waals surface area contributed by atoms with Crippen molar-refractivity contribution < 1.29 is 14.3 Å². The van der Waals surface area contributed by atoms with E-state index in [4.69, 9.17) is 4.43 Å². The maximum Gasteiger partial charge on any atom is 0.250 e. The molecule has 1 heterocycles. The number of piperidine rings is 1. The van der Waals surface area contributed by atoms with E-state index in [-0.39, 0.29) is 10.9 Å². The summed E-state index contributed by atoms with van der Waals surface area (Å²) in [5.41, 5.74) is 1.24. The summed E-state index contributed by atoms with van der Waals surface area (Å²) >= 11 is 0. The minimum atomic E-state index is -1.88. The van der Waals surface area contributed by atoms with Gasteiger partial charge in [-0.1, -0.05) is 51.1 Å². The molecule has 2 aromatic rings. The van der Waals surface area contributed by atoms with Crippen LogP contribution in [0.5, 0.6) is 5.75 Å². The van der Waals surface area contributed by atoms with Gasteiger partial charge in [0.1, 0.15) is 5.75 Å². The molecule has 5 nitrogen and oxygen atoms in total. The van der Waals surface area contributed by atoms with Gasteiger partial charge in [-0.15, -0.1) is 0 Å². The second-order valence-corrected chi connectivity index (χ2v) is 15.3. The zero-order valence-corrected chi connectivity index (χ0v) is 21.1. The van der Waals surface area contributed by atoms with Crippen LogP contribution >= 0.6 is 0 Å². The van der Waals surface area contributed by atoms with Crippen LogP contribution in [0.3, 0.4) is 0 Å². The molecule has 0 aliphatic carbocycles. The molecule has 1 saturated heterocycles. The first kappa shape index (κ1) is 24.5. The highest BCUT2D eigenvalue weighted by Gasteiger charge is 2.39. The fraction of sp³-hybridized carbons (Fsp3) is 0.500. The molecule has 0 bridgehead atoms. The standard InChI is InChI=1S/C26H38N2O3Si/c1-25(2,3)32(4,5)31-23-13-11-22(12-14-23)27-24(29)20-28-17-15-26(30,16-18-28)19-21-9-7-6-8-10-21/h6-14,30H,15-20H2,1-5H3,(H,27,29). The number of carbonyl (C=O) groups excluding carboxylic acids is 1. The minimum Gasteiger partial charge on any atom is -0.544 e. The monoisotopic (exact) mass is 454 g/mol. The summed E-state index contributed by atoms with van der Waals surface area (Å²) in [6.07, 6.45) is 2.01. The second-order valence-electron chi connectivity index (χ2n) is 10.6. The molecule has 0 unspecified atom stereocenters. The first-order valence-electron chi connectivity index (χ1n) is 11.5. The average Bonchev–Trinajstić information content (AvgIpc) is 2.71. The minimum absolute atomic E-state index is 0.0310. The van der Waals surface area contributed by atoms with Gasteiger partial charge in [-0.3, -0.25) is 9.69 Å². The lowest BCUT2D eigenvalue weighted by atomic mass is 9.85. The van der Waals surface area contributed by atoms with Crippen molar-refractivity contribution in [3.8, 4) is 5.75 Å². The third-order valence-corrected chi connectivity index (χ3v) is 11.2. The van der Waals surface area contributed by atoms with Gasteiger partial charge < -0.3 is 14.8 Å². The zero-order valence-electron chi connectivity index (χ0n) is 20.1. The predicted molar refractivity (Wildman–Crippen MR) is 134 cm³/mol. The first-order valence-corrected chi connectivity index (χ1v) is 14.4. The van der Waals surface area contributed by atoms with Crippen molar-refractivity contribution in [2.45, 2.75) is 63.8 Å². The van der Waals surface area contributed by atoms with E-state index in [2.05, 4.69) is 56.2 Å². The van der Waals surface area contributed by atoms with Crippen LogP contribution < -0.4 is 9.74 Å². The maximum atomic E-state index is 12.5. The molecule has 1 fully saturated rings. The number of carbonyl (C=O) groups is 1. The van der Waals surface area contributed by atoms with E-state index < -0.39 is 13.9 Å². The van der Waals surface area contributed by atoms with Crippen LogP contribution in [0.25, 0.3) is 0 Å². The number of aliphatic hydroxyl groups is 1. The molecule has 174 valence electrons. The number of hydrogen-bond acceptors (Lipinski definition) is 4. The number of anilines is 1. The molecule has 0 aromatic heterocycles. The normalized spacial score (nSPS) is 17.1. The SMILES string of the molecule is CC(C)(C)[Si](C)(C)Oc1ccc(NC(=O)CN2CCC(O)(Cc3ccccc3)CC2)cc1. The molecule has 32 heavy (non-hydrogen) atoms. The Bertz CT molecular complexity index is 884. The van der Waals surface area contributed by atoms with Crippen LogP contribution in [0.4, 0.5) is 5.69 Å². The summed E-state index contributed by atoms with van der Waals surface area (Å²) in [6.45, 7) is 12.9. The van der Waals surface area contributed by atoms with Crippen LogP contribution in [0.15, 0.2) is 54.6 Å². The van der Waals surface area contributed by atoms with Gasteiger partial charge in [0.15, 0.2) is 0 Å². The molecular weight excluding hydrogens is 416 g/mol. The Morgan fingerprint density at radius 2 is 1.66 bits per heavy atom. The molecule has 2 aromatic carbocycles. The van der Waals surface area contributed by atoms with Crippen LogP contribution in [0.1, 0.15) is 39.2 Å². The largest absolute Gasteiger partial charge is 0.544 e. The smallest absolute Gasteiger partial charge is 0.250 e. The number of benzene rings is 2. The topological polar surface area (TPSA) is 61.8 Å². The van der Waals surface area contributed by atoms with E-state index in [1.165, 1.54) is 0 Å². The summed E-state index contributed by atoms with van der Waals surface area (Å²) in [5.74, 6) is 0.819. The Balaban J connectivity index is 1.46. The lowest BCUT2D eigenvalue weighted by molar-refractivity contribution is -0.118. The molecule has 6 heteroatoms. The summed E-state index contributed by atoms with van der Waals surface area (Å²) in [7, 11) is -1.88. The zero-order chi connectivity index (χ0) is 23.4. The third kappa shape index (κ3) is 6.67. The van der Waals surface area contributed by atoms with Crippen molar-refractivity contribution in [2.24, 2.45) is 0 Å². The summed E-state index contributed by atoms with van der Waals surface area (Å²) in [4.78, 5) is 14.7. The number of nitrogens with zero attached hydrogens (tertiary/aromatic N) is 1. The van der Waals surface area contributed by atoms with Gasteiger partial charge in [-0.2, -0.15) is 0 Å².